The predicted octanol–water partition coefficient (Wildman–Crippen LogP) is 2.51. The number of carboxylic acid groups (broad SMARTS) is 1. The van der Waals surface area contributed by atoms with E-state index in [1.165, 1.54) is 6.20 Å². The Labute approximate surface area is 145 Å². The van der Waals surface area contributed by atoms with E-state index in [1.54, 1.807) is 4.90 Å². The Balaban J connectivity index is 1.98. The minimum Gasteiger partial charge on any atom is -0.489 e. The van der Waals surface area contributed by atoms with Gasteiger partial charge in [0.25, 0.3) is 5.91 Å². The molecule has 2 heterocycles. The minimum absolute atomic E-state index is 0.0963. The van der Waals surface area contributed by atoms with Crippen LogP contribution in [0.4, 0.5) is 5.69 Å². The zero-order valence-corrected chi connectivity index (χ0v) is 14.3. The number of aromatic carboxylic acids is 1. The van der Waals surface area contributed by atoms with Gasteiger partial charge < -0.3 is 14.7 Å². The molecule has 25 heavy (non-hydrogen) atoms. The molecule has 7 nitrogen and oxygen atoms in total. The number of ether oxygens (including phenoxy) is 1. The third-order valence-electron chi connectivity index (χ3n) is 3.99. The average molecular weight is 341 g/mol. The number of carboxylic acids is 1. The summed E-state index contributed by atoms with van der Waals surface area (Å²) in [6.07, 6.45) is 2.27. The average Bonchev–Trinajstić information content (AvgIpc) is 2.59. The maximum absolute atomic E-state index is 12.8. The van der Waals surface area contributed by atoms with Crippen LogP contribution in [0.1, 0.15) is 47.3 Å². The fourth-order valence-electron chi connectivity index (χ4n) is 2.74. The van der Waals surface area contributed by atoms with Gasteiger partial charge >= 0.3 is 5.97 Å². The summed E-state index contributed by atoms with van der Waals surface area (Å²) < 4.78 is 5.84. The van der Waals surface area contributed by atoms with Crippen molar-refractivity contribution in [3.8, 4) is 5.75 Å². The molecular weight excluding hydrogens is 322 g/mol. The fourth-order valence-corrected chi connectivity index (χ4v) is 2.74. The molecule has 0 aliphatic carbocycles. The summed E-state index contributed by atoms with van der Waals surface area (Å²) >= 11 is 0. The normalized spacial score (nSPS) is 13.8. The van der Waals surface area contributed by atoms with Crippen LogP contribution in [0.2, 0.25) is 0 Å². The molecule has 130 valence electrons. The van der Waals surface area contributed by atoms with Gasteiger partial charge in [-0.1, -0.05) is 32.9 Å². The fraction of sp³-hybridized carbons (Fsp3) is 0.333. The number of hydrogen-bond donors (Lipinski definition) is 1. The van der Waals surface area contributed by atoms with Gasteiger partial charge in [-0.15, -0.1) is 0 Å². The van der Waals surface area contributed by atoms with E-state index in [0.29, 0.717) is 24.6 Å². The van der Waals surface area contributed by atoms with Crippen molar-refractivity contribution < 1.29 is 19.4 Å². The molecule has 1 aliphatic rings. The van der Waals surface area contributed by atoms with Gasteiger partial charge in [0.05, 0.1) is 24.6 Å². The molecular formula is C18H19N3O4. The Morgan fingerprint density at radius 2 is 1.84 bits per heavy atom. The number of carbonyl (C=O) groups is 2. The van der Waals surface area contributed by atoms with Crippen LogP contribution in [-0.2, 0) is 5.41 Å². The molecule has 1 N–H and O–H groups in total. The van der Waals surface area contributed by atoms with E-state index in [-0.39, 0.29) is 22.7 Å². The first-order chi connectivity index (χ1) is 11.8. The summed E-state index contributed by atoms with van der Waals surface area (Å²) in [5.41, 5.74) is 1.48. The summed E-state index contributed by atoms with van der Waals surface area (Å²) in [5, 5.41) is 8.89. The van der Waals surface area contributed by atoms with Gasteiger partial charge in [-0.3, -0.25) is 4.79 Å². The third kappa shape index (κ3) is 3.17. The highest BCUT2D eigenvalue weighted by Gasteiger charge is 2.30. The van der Waals surface area contributed by atoms with Crippen LogP contribution in [0.15, 0.2) is 30.6 Å². The number of hydrogen-bond acceptors (Lipinski definition) is 5. The minimum atomic E-state index is -1.18. The molecule has 0 radical (unpaired) electrons. The topological polar surface area (TPSA) is 92.6 Å². The summed E-state index contributed by atoms with van der Waals surface area (Å²) in [5.74, 6) is -0.817. The number of aromatic nitrogens is 2. The second-order valence-corrected chi connectivity index (χ2v) is 6.80. The largest absolute Gasteiger partial charge is 0.489 e. The van der Waals surface area contributed by atoms with E-state index in [0.717, 1.165) is 11.8 Å². The molecule has 0 saturated carbocycles. The van der Waals surface area contributed by atoms with Crippen molar-refractivity contribution in [3.05, 3.63) is 47.5 Å². The number of benzene rings is 1. The summed E-state index contributed by atoms with van der Waals surface area (Å²) in [6.45, 7) is 7.03. The monoisotopic (exact) mass is 341 g/mol. The summed E-state index contributed by atoms with van der Waals surface area (Å²) in [6, 6.07) is 5.72. The van der Waals surface area contributed by atoms with Crippen LogP contribution in [0.5, 0.6) is 5.75 Å². The van der Waals surface area contributed by atoms with E-state index in [4.69, 9.17) is 9.84 Å². The van der Waals surface area contributed by atoms with Crippen LogP contribution in [0.25, 0.3) is 0 Å². The lowest BCUT2D eigenvalue weighted by Crippen LogP contribution is -2.39. The van der Waals surface area contributed by atoms with Gasteiger partial charge in [0.2, 0.25) is 0 Å². The molecule has 0 bridgehead atoms. The molecule has 7 heteroatoms. The molecule has 0 saturated heterocycles. The molecule has 1 aliphatic heterocycles. The Morgan fingerprint density at radius 1 is 1.16 bits per heavy atom. The van der Waals surface area contributed by atoms with Gasteiger partial charge in [-0.05, 0) is 11.5 Å². The van der Waals surface area contributed by atoms with E-state index < -0.39 is 5.97 Å². The quantitative estimate of drug-likeness (QED) is 0.902. The maximum atomic E-state index is 12.8. The Hall–Kier alpha value is -2.96. The third-order valence-corrected chi connectivity index (χ3v) is 3.99. The van der Waals surface area contributed by atoms with Crippen molar-refractivity contribution in [3.63, 3.8) is 0 Å². The van der Waals surface area contributed by atoms with Crippen LogP contribution >= 0.6 is 0 Å². The molecule has 0 unspecified atom stereocenters. The molecule has 1 aromatic carbocycles. The first kappa shape index (κ1) is 16.9. The highest BCUT2D eigenvalue weighted by Crippen LogP contribution is 2.40. The van der Waals surface area contributed by atoms with Gasteiger partial charge in [-0.25, -0.2) is 14.8 Å². The van der Waals surface area contributed by atoms with E-state index >= 15 is 0 Å². The van der Waals surface area contributed by atoms with Crippen molar-refractivity contribution in [2.24, 2.45) is 0 Å². The number of anilines is 1. The van der Waals surface area contributed by atoms with Crippen LogP contribution in [0, 0.1) is 0 Å². The molecule has 0 fully saturated rings. The predicted molar refractivity (Wildman–Crippen MR) is 91.3 cm³/mol. The zero-order valence-electron chi connectivity index (χ0n) is 14.3. The van der Waals surface area contributed by atoms with Gasteiger partial charge in [0.1, 0.15) is 18.1 Å². The van der Waals surface area contributed by atoms with Gasteiger partial charge in [0, 0.05) is 5.56 Å². The van der Waals surface area contributed by atoms with E-state index in [9.17, 15) is 9.59 Å². The number of carbonyl (C=O) groups excluding carboxylic acids is 1. The second kappa shape index (κ2) is 6.16. The van der Waals surface area contributed by atoms with Crippen molar-refractivity contribution in [2.45, 2.75) is 26.2 Å². The second-order valence-electron chi connectivity index (χ2n) is 6.80. The van der Waals surface area contributed by atoms with Crippen LogP contribution in [-0.4, -0.2) is 40.1 Å². The smallest absolute Gasteiger partial charge is 0.356 e. The lowest BCUT2D eigenvalue weighted by molar-refractivity contribution is 0.0689. The molecule has 2 aromatic rings. The van der Waals surface area contributed by atoms with E-state index in [1.807, 2.05) is 18.2 Å². The molecule has 3 rings (SSSR count). The number of fused-ring (bicyclic) bond motifs is 1. The van der Waals surface area contributed by atoms with Crippen LogP contribution < -0.4 is 9.64 Å². The highest BCUT2D eigenvalue weighted by molar-refractivity contribution is 6.06. The summed E-state index contributed by atoms with van der Waals surface area (Å²) in [4.78, 5) is 33.0. The number of para-hydroxylation sites is 1. The molecule has 0 atom stereocenters. The molecule has 1 aromatic heterocycles. The number of nitrogens with zero attached hydrogens (tertiary/aromatic N) is 3. The Bertz CT molecular complexity index is 825. The lowest BCUT2D eigenvalue weighted by atomic mass is 9.85. The van der Waals surface area contributed by atoms with Crippen molar-refractivity contribution in [1.82, 2.24) is 9.97 Å². The molecule has 1 amide bonds. The van der Waals surface area contributed by atoms with Gasteiger partial charge in [0.15, 0.2) is 5.69 Å². The Kier molecular flexibility index (Phi) is 4.16. The van der Waals surface area contributed by atoms with E-state index in [2.05, 4.69) is 30.7 Å². The Morgan fingerprint density at radius 3 is 2.44 bits per heavy atom. The first-order valence-electron chi connectivity index (χ1n) is 7.92. The lowest BCUT2D eigenvalue weighted by Gasteiger charge is -2.33. The summed E-state index contributed by atoms with van der Waals surface area (Å²) in [7, 11) is 0. The molecule has 0 spiro atoms. The van der Waals surface area contributed by atoms with Crippen molar-refractivity contribution in [1.29, 1.82) is 0 Å². The number of rotatable bonds is 2. The SMILES string of the molecule is CC(C)(C)c1cccc2c1OCCN2C(=O)c1cnc(C(=O)O)cn1. The zero-order chi connectivity index (χ0) is 18.2. The van der Waals surface area contributed by atoms with Crippen molar-refractivity contribution >= 4 is 17.6 Å². The van der Waals surface area contributed by atoms with Crippen molar-refractivity contribution in [2.75, 3.05) is 18.1 Å². The standard InChI is InChI=1S/C18H19N3O4/c1-18(2,3)11-5-4-6-14-15(11)25-8-7-21(14)16(22)12-9-20-13(10-19-12)17(23)24/h4-6,9-10H,7-8H2,1-3H3,(H,23,24). The number of amides is 1. The first-order valence-corrected chi connectivity index (χ1v) is 7.92. The van der Waals surface area contributed by atoms with Gasteiger partial charge in [-0.2, -0.15) is 0 Å². The van der Waals surface area contributed by atoms with Crippen LogP contribution in [0.3, 0.4) is 0 Å². The highest BCUT2D eigenvalue weighted by atomic mass is 16.5. The maximum Gasteiger partial charge on any atom is 0.356 e.